The van der Waals surface area contributed by atoms with E-state index < -0.39 is 0 Å². The van der Waals surface area contributed by atoms with Crippen LogP contribution in [0.5, 0.6) is 0 Å². The van der Waals surface area contributed by atoms with Gasteiger partial charge < -0.3 is 0 Å². The van der Waals surface area contributed by atoms with Crippen molar-refractivity contribution in [3.63, 3.8) is 0 Å². The Hall–Kier alpha value is -3.38. The maximum atomic E-state index is 3.86. The maximum absolute atomic E-state index is 3.86. The molecule has 0 bridgehead atoms. The molecule has 2 aliphatic carbocycles. The number of benzene rings is 4. The Bertz CT molecular complexity index is 1730. The normalized spacial score (nSPS) is 14.1. The fourth-order valence-electron chi connectivity index (χ4n) is 6.58. The summed E-state index contributed by atoms with van der Waals surface area (Å²) in [6.45, 7) is 18.6. The van der Waals surface area contributed by atoms with Gasteiger partial charge in [-0.2, -0.15) is 0 Å². The topological polar surface area (TPSA) is 0 Å². The highest BCUT2D eigenvalue weighted by molar-refractivity contribution is 5.87. The van der Waals surface area contributed by atoms with Gasteiger partial charge >= 0.3 is 0 Å². The predicted octanol–water partition coefficient (Wildman–Crippen LogP) is 7.94. The fourth-order valence-corrected chi connectivity index (χ4v) is 6.58. The van der Waals surface area contributed by atoms with Gasteiger partial charge in [0.2, 0.25) is 0 Å². The Kier molecular flexibility index (Phi) is 5.22. The molecule has 0 amide bonds. The van der Waals surface area contributed by atoms with Crippen LogP contribution in [-0.2, 0) is 10.8 Å². The first-order chi connectivity index (χ1) is 17.5. The summed E-state index contributed by atoms with van der Waals surface area (Å²) < 4.78 is 0. The molecular formula is C37H37. The minimum Gasteiger partial charge on any atom is -0.0689 e. The molecule has 6 rings (SSSR count). The summed E-state index contributed by atoms with van der Waals surface area (Å²) in [6.07, 6.45) is 3.86. The lowest BCUT2D eigenvalue weighted by Gasteiger charge is -2.27. The lowest BCUT2D eigenvalue weighted by Crippen LogP contribution is -2.19. The Morgan fingerprint density at radius 2 is 1.19 bits per heavy atom. The first-order valence-corrected chi connectivity index (χ1v) is 13.6. The second-order valence-electron chi connectivity index (χ2n) is 13.1. The highest BCUT2D eigenvalue weighted by Crippen LogP contribution is 2.54. The Labute approximate surface area is 221 Å². The zero-order valence-corrected chi connectivity index (χ0v) is 23.5. The van der Waals surface area contributed by atoms with E-state index in [9.17, 15) is 0 Å². The largest absolute Gasteiger partial charge is 0.0689 e. The molecule has 0 unspecified atom stereocenters. The van der Waals surface area contributed by atoms with Gasteiger partial charge in [-0.05, 0) is 96.1 Å². The van der Waals surface area contributed by atoms with E-state index in [0.29, 0.717) is 0 Å². The molecule has 0 atom stereocenters. The second kappa shape index (κ2) is 8.06. The third kappa shape index (κ3) is 3.57. The molecule has 4 aromatic rings. The van der Waals surface area contributed by atoms with E-state index in [1.807, 2.05) is 0 Å². The molecule has 0 aromatic heterocycles. The van der Waals surface area contributed by atoms with Gasteiger partial charge in [-0.1, -0.05) is 120 Å². The van der Waals surface area contributed by atoms with Gasteiger partial charge in [0.25, 0.3) is 0 Å². The summed E-state index contributed by atoms with van der Waals surface area (Å²) in [5, 5.41) is 5.16. The zero-order chi connectivity index (χ0) is 26.3. The van der Waals surface area contributed by atoms with E-state index in [4.69, 9.17) is 0 Å². The van der Waals surface area contributed by atoms with Crippen LogP contribution in [0.4, 0.5) is 0 Å². The number of hydrogen-bond acceptors (Lipinski definition) is 0. The van der Waals surface area contributed by atoms with Crippen molar-refractivity contribution in [1.82, 2.24) is 0 Å². The first kappa shape index (κ1) is 24.0. The highest BCUT2D eigenvalue weighted by Gasteiger charge is 2.38. The van der Waals surface area contributed by atoms with E-state index in [1.54, 1.807) is 0 Å². The van der Waals surface area contributed by atoms with Crippen LogP contribution in [0.2, 0.25) is 0 Å². The molecule has 0 N–H and O–H groups in total. The van der Waals surface area contributed by atoms with E-state index in [-0.39, 0.29) is 16.7 Å². The molecule has 4 aromatic carbocycles. The van der Waals surface area contributed by atoms with Gasteiger partial charge in [-0.15, -0.1) is 0 Å². The summed E-state index contributed by atoms with van der Waals surface area (Å²) in [4.78, 5) is 0. The van der Waals surface area contributed by atoms with Crippen LogP contribution in [0.25, 0.3) is 22.8 Å². The SMILES string of the molecule is CC(C)=c1ccc2c(c1C1c3cccc(C(C)(C)C)c3-c3c1cccc3C(C)(C)C)[C]=c1ccccc1=2. The van der Waals surface area contributed by atoms with Crippen molar-refractivity contribution in [3.8, 4) is 11.1 Å². The first-order valence-electron chi connectivity index (χ1n) is 13.6. The van der Waals surface area contributed by atoms with Crippen LogP contribution in [0.1, 0.15) is 94.7 Å². The number of rotatable bonds is 1. The second-order valence-corrected chi connectivity index (χ2v) is 13.1. The van der Waals surface area contributed by atoms with Crippen molar-refractivity contribution in [2.75, 3.05) is 0 Å². The summed E-state index contributed by atoms with van der Waals surface area (Å²) in [5.41, 5.74) is 12.8. The monoisotopic (exact) mass is 481 g/mol. The zero-order valence-electron chi connectivity index (χ0n) is 23.5. The van der Waals surface area contributed by atoms with E-state index >= 15 is 0 Å². The smallest absolute Gasteiger partial charge is 0.0364 e. The molecule has 0 heterocycles. The average Bonchev–Trinajstić information content (AvgIpc) is 3.37. The minimum atomic E-state index is 0.0469. The summed E-state index contributed by atoms with van der Waals surface area (Å²) in [6, 6.07) is 27.4. The van der Waals surface area contributed by atoms with Crippen molar-refractivity contribution in [3.05, 3.63) is 127 Å². The van der Waals surface area contributed by atoms with Crippen LogP contribution in [0.15, 0.2) is 72.8 Å². The van der Waals surface area contributed by atoms with Crippen LogP contribution < -0.4 is 10.4 Å². The van der Waals surface area contributed by atoms with Gasteiger partial charge in [-0.25, -0.2) is 0 Å². The summed E-state index contributed by atoms with van der Waals surface area (Å²) in [7, 11) is 0. The molecule has 0 aliphatic heterocycles. The van der Waals surface area contributed by atoms with Crippen molar-refractivity contribution >= 4 is 11.6 Å². The molecule has 185 valence electrons. The van der Waals surface area contributed by atoms with Gasteiger partial charge in [0.15, 0.2) is 0 Å². The minimum absolute atomic E-state index is 0.0469. The van der Waals surface area contributed by atoms with Gasteiger partial charge in [0, 0.05) is 5.92 Å². The van der Waals surface area contributed by atoms with Crippen LogP contribution in [0, 0.1) is 10.4 Å². The molecule has 0 spiro atoms. The molecule has 0 saturated heterocycles. The van der Waals surface area contributed by atoms with Crippen LogP contribution >= 0.6 is 0 Å². The number of hydrogen-bond donors (Lipinski definition) is 0. The quantitative estimate of drug-likeness (QED) is 0.224. The molecule has 0 saturated carbocycles. The molecule has 2 aliphatic rings. The Morgan fingerprint density at radius 1 is 0.622 bits per heavy atom. The molecular weight excluding hydrogens is 444 g/mol. The van der Waals surface area contributed by atoms with Crippen molar-refractivity contribution in [1.29, 1.82) is 0 Å². The summed E-state index contributed by atoms with van der Waals surface area (Å²) in [5.74, 6) is 0.177. The molecule has 0 fully saturated rings. The third-order valence-corrected chi connectivity index (χ3v) is 8.23. The van der Waals surface area contributed by atoms with Crippen LogP contribution in [-0.4, -0.2) is 0 Å². The van der Waals surface area contributed by atoms with Crippen molar-refractivity contribution in [2.24, 2.45) is 0 Å². The Morgan fingerprint density at radius 3 is 1.73 bits per heavy atom. The van der Waals surface area contributed by atoms with Gasteiger partial charge in [-0.3, -0.25) is 0 Å². The number of fused-ring (bicyclic) bond motifs is 5. The van der Waals surface area contributed by atoms with E-state index in [1.165, 1.54) is 71.0 Å². The molecule has 37 heavy (non-hydrogen) atoms. The van der Waals surface area contributed by atoms with Crippen molar-refractivity contribution in [2.45, 2.75) is 72.1 Å². The molecule has 1 radical (unpaired) electrons. The maximum Gasteiger partial charge on any atom is 0.0364 e. The lowest BCUT2D eigenvalue weighted by atomic mass is 9.77. The third-order valence-electron chi connectivity index (χ3n) is 8.23. The van der Waals surface area contributed by atoms with E-state index in [0.717, 1.165) is 0 Å². The highest BCUT2D eigenvalue weighted by atomic mass is 14.4. The fraction of sp³-hybridized carbons (Fsp3) is 0.297. The molecule has 0 nitrogen and oxygen atoms in total. The predicted molar refractivity (Wildman–Crippen MR) is 157 cm³/mol. The standard InChI is InChI=1S/C37H37/c1-22(2)24-19-20-26-25-14-10-9-13-23(25)21-29(26)32(24)33-27-15-11-17-30(36(3,4)5)34(27)35-28(33)16-12-18-31(35)37(6,7)8/h9-20,33H,1-8H3. The van der Waals surface area contributed by atoms with Gasteiger partial charge in [0.1, 0.15) is 0 Å². The van der Waals surface area contributed by atoms with Crippen molar-refractivity contribution < 1.29 is 0 Å². The molecule has 0 heteroatoms. The lowest BCUT2D eigenvalue weighted by molar-refractivity contribution is 0.585. The summed E-state index contributed by atoms with van der Waals surface area (Å²) >= 11 is 0. The van der Waals surface area contributed by atoms with E-state index in [2.05, 4.69) is 134 Å². The van der Waals surface area contributed by atoms with Gasteiger partial charge in [0.05, 0.1) is 0 Å². The Balaban J connectivity index is 1.82. The average molecular weight is 482 g/mol. The van der Waals surface area contributed by atoms with Crippen LogP contribution in [0.3, 0.4) is 0 Å².